The van der Waals surface area contributed by atoms with E-state index in [0.29, 0.717) is 35.5 Å². The van der Waals surface area contributed by atoms with Gasteiger partial charge in [-0.1, -0.05) is 53.7 Å². The number of aliphatic hydroxyl groups excluding tert-OH is 10. The zero-order chi connectivity index (χ0) is 46.6. The molecule has 64 heavy (non-hydrogen) atoms. The second kappa shape index (κ2) is 17.8. The molecule has 0 aromatic rings. The Morgan fingerprint density at radius 2 is 1.16 bits per heavy atom. The number of aliphatic hydroxyl groups is 10. The molecule has 0 radical (unpaired) electrons. The molecule has 0 unspecified atom stereocenters. The maximum Gasteiger partial charge on any atom is 0.187 e. The van der Waals surface area contributed by atoms with E-state index in [9.17, 15) is 51.1 Å². The molecule has 3 aliphatic heterocycles. The van der Waals surface area contributed by atoms with Crippen LogP contribution in [0.4, 0.5) is 0 Å². The van der Waals surface area contributed by atoms with Crippen LogP contribution in [0.2, 0.25) is 0 Å². The molecule has 5 aliphatic carbocycles. The summed E-state index contributed by atoms with van der Waals surface area (Å²) in [5, 5.41) is 106. The van der Waals surface area contributed by atoms with Crippen LogP contribution in [0.5, 0.6) is 0 Å². The molecule has 8 rings (SSSR count). The van der Waals surface area contributed by atoms with Crippen molar-refractivity contribution in [3.8, 4) is 0 Å². The van der Waals surface area contributed by atoms with E-state index in [-0.39, 0.29) is 22.2 Å². The summed E-state index contributed by atoms with van der Waals surface area (Å²) in [6.45, 7) is 19.6. The minimum Gasteiger partial charge on any atom is -0.394 e. The van der Waals surface area contributed by atoms with Gasteiger partial charge in [0.15, 0.2) is 18.9 Å². The molecule has 3 saturated heterocycles. The van der Waals surface area contributed by atoms with Crippen LogP contribution in [-0.2, 0) is 28.4 Å². The van der Waals surface area contributed by atoms with Crippen LogP contribution in [0.15, 0.2) is 12.2 Å². The molecule has 8 fully saturated rings. The van der Waals surface area contributed by atoms with E-state index < -0.39 is 123 Å². The van der Waals surface area contributed by atoms with Gasteiger partial charge in [0.05, 0.1) is 25.9 Å². The average molecular weight is 913 g/mol. The van der Waals surface area contributed by atoms with Crippen molar-refractivity contribution < 1.29 is 79.5 Å². The van der Waals surface area contributed by atoms with Crippen molar-refractivity contribution in [2.45, 2.75) is 211 Å². The monoisotopic (exact) mass is 913 g/mol. The summed E-state index contributed by atoms with van der Waals surface area (Å²) >= 11 is 0. The van der Waals surface area contributed by atoms with Crippen LogP contribution in [0, 0.1) is 56.7 Å². The Kier molecular flexibility index (Phi) is 13.8. The van der Waals surface area contributed by atoms with Gasteiger partial charge in [0.25, 0.3) is 0 Å². The van der Waals surface area contributed by atoms with E-state index in [1.54, 1.807) is 0 Å². The number of hydrogen-bond acceptors (Lipinski definition) is 16. The second-order valence-corrected chi connectivity index (χ2v) is 23.2. The maximum atomic E-state index is 12.0. The second-order valence-electron chi connectivity index (χ2n) is 23.2. The first-order valence-electron chi connectivity index (χ1n) is 24.2. The first kappa shape index (κ1) is 49.5. The molecule has 16 heteroatoms. The standard InChI is InChI=1S/C48H80O16/c1-22(2)23-11-14-45(5)17-18-47(7)24(31(23)45)9-10-29-46(6)15-13-30(44(3,4)28(46)12-16-48(29,47)8)63-43-39(58)40(64-42-38(57)36(55)33(52)26(20-50)61-42)34(53)27(62-43)21-59-41-37(56)35(54)32(51)25(19-49)60-41/h23-43,49-58H,1,9-21H2,2-8H3/t23-,24+,25+,26+,27+,28-,29+,30-,31+,32+,33+,34+,35-,36-,37-,38-,39+,40-,41-,42+,43+,45+,46-,47+,48+/m0/s1. The third-order valence-corrected chi connectivity index (χ3v) is 19.8. The highest BCUT2D eigenvalue weighted by molar-refractivity contribution is 5.21. The van der Waals surface area contributed by atoms with Gasteiger partial charge in [-0.25, -0.2) is 0 Å². The summed E-state index contributed by atoms with van der Waals surface area (Å²) in [5.41, 5.74) is 1.72. The Balaban J connectivity index is 1.02. The summed E-state index contributed by atoms with van der Waals surface area (Å²) in [6, 6.07) is 0. The minimum absolute atomic E-state index is 0.0211. The van der Waals surface area contributed by atoms with Crippen molar-refractivity contribution in [3.05, 3.63) is 12.2 Å². The molecule has 16 nitrogen and oxygen atoms in total. The summed E-state index contributed by atoms with van der Waals surface area (Å²) in [5.74, 6) is 2.72. The third-order valence-electron chi connectivity index (χ3n) is 19.8. The van der Waals surface area contributed by atoms with Gasteiger partial charge < -0.3 is 79.5 Å². The normalized spacial score (nSPS) is 56.0. The fraction of sp³-hybridized carbons (Fsp3) is 0.958. The number of allylic oxidation sites excluding steroid dienone is 1. The lowest BCUT2D eigenvalue weighted by molar-refractivity contribution is -0.375. The molecule has 5 saturated carbocycles. The fourth-order valence-corrected chi connectivity index (χ4v) is 15.9. The van der Waals surface area contributed by atoms with E-state index in [4.69, 9.17) is 28.4 Å². The largest absolute Gasteiger partial charge is 0.394 e. The molecule has 10 N–H and O–H groups in total. The van der Waals surface area contributed by atoms with E-state index >= 15 is 0 Å². The highest BCUT2D eigenvalue weighted by Crippen LogP contribution is 2.77. The van der Waals surface area contributed by atoms with Gasteiger partial charge in [-0.3, -0.25) is 0 Å². The average Bonchev–Trinajstić information content (AvgIpc) is 3.61. The van der Waals surface area contributed by atoms with Gasteiger partial charge >= 0.3 is 0 Å². The van der Waals surface area contributed by atoms with E-state index in [2.05, 4.69) is 55.0 Å². The maximum absolute atomic E-state index is 12.0. The molecular formula is C48H80O16. The van der Waals surface area contributed by atoms with Crippen molar-refractivity contribution in [1.82, 2.24) is 0 Å². The summed E-state index contributed by atoms with van der Waals surface area (Å²) < 4.78 is 36.1. The summed E-state index contributed by atoms with van der Waals surface area (Å²) in [7, 11) is 0. The van der Waals surface area contributed by atoms with Gasteiger partial charge in [0, 0.05) is 0 Å². The zero-order valence-electron chi connectivity index (χ0n) is 38.9. The smallest absolute Gasteiger partial charge is 0.187 e. The van der Waals surface area contributed by atoms with Crippen LogP contribution in [0.25, 0.3) is 0 Å². The Labute approximate surface area is 378 Å². The highest BCUT2D eigenvalue weighted by Gasteiger charge is 2.70. The molecule has 25 atom stereocenters. The number of ether oxygens (including phenoxy) is 6. The zero-order valence-corrected chi connectivity index (χ0v) is 38.9. The van der Waals surface area contributed by atoms with Crippen molar-refractivity contribution >= 4 is 0 Å². The first-order valence-corrected chi connectivity index (χ1v) is 24.2. The molecule has 8 aliphatic rings. The van der Waals surface area contributed by atoms with E-state index in [1.807, 2.05) is 0 Å². The first-order chi connectivity index (χ1) is 30.0. The SMILES string of the molecule is C=C(C)[C@@H]1CC[C@]2(C)CC[C@]3(C)[C@H](CC[C@@H]4[C@@]5(C)CC[C@H](O[C@H]6O[C@H](CO[C@H]7O[C@H](CO)[C@@H](O)[C@H](O)[C@@H]7O)[C@@H](O)[C@H](O[C@H]7O[C@H](CO)[C@@H](O)[C@H](O)[C@@H]7O)[C@H]6O)C(C)(C)[C@@H]5CC[C@]43C)[C@@H]12. The number of rotatable bonds is 10. The van der Waals surface area contributed by atoms with Gasteiger partial charge in [-0.15, -0.1) is 0 Å². The van der Waals surface area contributed by atoms with Gasteiger partial charge in [0.1, 0.15) is 73.2 Å². The van der Waals surface area contributed by atoms with E-state index in [0.717, 1.165) is 19.3 Å². The van der Waals surface area contributed by atoms with Crippen LogP contribution >= 0.6 is 0 Å². The lowest BCUT2D eigenvalue weighted by Crippen LogP contribution is -2.67. The molecule has 368 valence electrons. The third kappa shape index (κ3) is 7.72. The van der Waals surface area contributed by atoms with Gasteiger partial charge in [-0.2, -0.15) is 0 Å². The van der Waals surface area contributed by atoms with Crippen molar-refractivity contribution in [2.24, 2.45) is 56.7 Å². The Hall–Kier alpha value is -0.900. The highest BCUT2D eigenvalue weighted by atomic mass is 16.8. The lowest BCUT2D eigenvalue weighted by atomic mass is 9.32. The Bertz CT molecular complexity index is 1660. The minimum atomic E-state index is -1.84. The summed E-state index contributed by atoms with van der Waals surface area (Å²) in [6.07, 6.45) is -13.2. The van der Waals surface area contributed by atoms with Crippen molar-refractivity contribution in [1.29, 1.82) is 0 Å². The fourth-order valence-electron chi connectivity index (χ4n) is 15.9. The molecule has 0 aromatic carbocycles. The van der Waals surface area contributed by atoms with Crippen LogP contribution in [0.3, 0.4) is 0 Å². The Morgan fingerprint density at radius 3 is 1.78 bits per heavy atom. The van der Waals surface area contributed by atoms with Crippen molar-refractivity contribution in [2.75, 3.05) is 19.8 Å². The lowest BCUT2D eigenvalue weighted by Gasteiger charge is -2.73. The van der Waals surface area contributed by atoms with Crippen LogP contribution in [-0.4, -0.2) is 169 Å². The predicted octanol–water partition coefficient (Wildman–Crippen LogP) is 1.50. The molecule has 3 heterocycles. The van der Waals surface area contributed by atoms with E-state index in [1.165, 1.54) is 44.1 Å². The van der Waals surface area contributed by atoms with Crippen LogP contribution in [0.1, 0.15) is 113 Å². The molecule has 0 aromatic heterocycles. The molecule has 0 bridgehead atoms. The van der Waals surface area contributed by atoms with Gasteiger partial charge in [-0.05, 0) is 128 Å². The van der Waals surface area contributed by atoms with Crippen LogP contribution < -0.4 is 0 Å². The van der Waals surface area contributed by atoms with Crippen molar-refractivity contribution in [3.63, 3.8) is 0 Å². The molecule has 0 amide bonds. The molecular weight excluding hydrogens is 833 g/mol. The summed E-state index contributed by atoms with van der Waals surface area (Å²) in [4.78, 5) is 0. The Morgan fingerprint density at radius 1 is 0.562 bits per heavy atom. The quantitative estimate of drug-likeness (QED) is 0.110. The predicted molar refractivity (Wildman–Crippen MR) is 229 cm³/mol. The topological polar surface area (TPSA) is 258 Å². The van der Waals surface area contributed by atoms with Gasteiger partial charge in [0.2, 0.25) is 0 Å². The molecule has 0 spiro atoms. The number of fused-ring (bicyclic) bond motifs is 7. The number of hydrogen-bond donors (Lipinski definition) is 10.